The van der Waals surface area contributed by atoms with Gasteiger partial charge in [0.15, 0.2) is 0 Å². The van der Waals surface area contributed by atoms with Crippen molar-refractivity contribution in [1.29, 1.82) is 0 Å². The first-order valence-electron chi connectivity index (χ1n) is 0. The quantitative estimate of drug-likeness (QED) is 0.308. The molecule has 0 atom stereocenters. The summed E-state index contributed by atoms with van der Waals surface area (Å²) in [5.41, 5.74) is 0. The van der Waals surface area contributed by atoms with Gasteiger partial charge in [0.05, 0.1) is 0 Å². The van der Waals surface area contributed by atoms with E-state index in [0.29, 0.717) is 0 Å². The van der Waals surface area contributed by atoms with E-state index in [-0.39, 0.29) is 142 Å². The van der Waals surface area contributed by atoms with Crippen molar-refractivity contribution in [3.63, 3.8) is 0 Å². The SMILES string of the molecule is [Cd].[Co].[Cr].[Cu].[Ni].[PbH2].[Zn]. The molecule has 0 heterocycles. The van der Waals surface area contributed by atoms with Crippen LogP contribution < -0.4 is 0 Å². The summed E-state index contributed by atoms with van der Waals surface area (Å²) in [7, 11) is 0. The van der Waals surface area contributed by atoms with E-state index in [2.05, 4.69) is 0 Å². The van der Waals surface area contributed by atoms with Crippen molar-refractivity contribution in [1.82, 2.24) is 0 Å². The van der Waals surface area contributed by atoms with Crippen molar-refractivity contribution in [2.75, 3.05) is 0 Å². The average Bonchev–Trinajstić information content (AvgIpc) is 0. The van der Waals surface area contributed by atoms with Crippen molar-refractivity contribution < 1.29 is 114 Å². The molecule has 0 aliphatic carbocycles. The molecule has 7 heavy (non-hydrogen) atoms. The number of rotatable bonds is 0. The van der Waals surface area contributed by atoms with Gasteiger partial charge >= 0.3 is 27.3 Å². The van der Waals surface area contributed by atoms with Crippen molar-refractivity contribution in [3.8, 4) is 0 Å². The third-order valence-electron chi connectivity index (χ3n) is 0. The predicted octanol–water partition coefficient (Wildman–Crippen LogP) is -0.931. The van der Waals surface area contributed by atoms with Crippen LogP contribution >= 0.6 is 0 Å². The maximum absolute atomic E-state index is 0. The first-order valence-corrected chi connectivity index (χ1v) is 0. The fraction of sp³-hybridized carbons (Fsp3) is 0. The third-order valence-corrected chi connectivity index (χ3v) is 0. The van der Waals surface area contributed by atoms with E-state index in [4.69, 9.17) is 0 Å². The van der Waals surface area contributed by atoms with E-state index < -0.39 is 0 Å². The third kappa shape index (κ3) is 37.4. The van der Waals surface area contributed by atoms with E-state index in [0.717, 1.165) is 0 Å². The van der Waals surface area contributed by atoms with E-state index in [1.165, 1.54) is 0 Å². The van der Waals surface area contributed by atoms with Crippen molar-refractivity contribution >= 4 is 27.3 Å². The van der Waals surface area contributed by atoms with Gasteiger partial charge in [0.25, 0.3) is 0 Å². The minimum atomic E-state index is 0. The second-order valence-corrected chi connectivity index (χ2v) is 0. The van der Waals surface area contributed by atoms with Crippen LogP contribution in [0.25, 0.3) is 0 Å². The molecular weight excluding hydrogens is 618 g/mol. The van der Waals surface area contributed by atoms with Crippen LogP contribution in [-0.2, 0) is 114 Å². The molecule has 0 bridgehead atoms. The second-order valence-electron chi connectivity index (χ2n) is 0. The topological polar surface area (TPSA) is 0 Å². The zero-order chi connectivity index (χ0) is 0. The summed E-state index contributed by atoms with van der Waals surface area (Å²) >= 11 is 0. The van der Waals surface area contributed by atoms with Gasteiger partial charge in [0.1, 0.15) is 0 Å². The maximum atomic E-state index is 0. The summed E-state index contributed by atoms with van der Waals surface area (Å²) in [6.45, 7) is 0. The molecule has 0 spiro atoms. The van der Waals surface area contributed by atoms with Crippen LogP contribution in [0.3, 0.4) is 0 Å². The second kappa shape index (κ2) is 46.7. The van der Waals surface area contributed by atoms with Gasteiger partial charge in [-0.1, -0.05) is 0 Å². The molecule has 7 heteroatoms. The summed E-state index contributed by atoms with van der Waals surface area (Å²) in [6, 6.07) is 0. The summed E-state index contributed by atoms with van der Waals surface area (Å²) in [6.07, 6.45) is 0. The molecule has 0 saturated heterocycles. The van der Waals surface area contributed by atoms with Gasteiger partial charge in [-0.25, -0.2) is 0 Å². The Morgan fingerprint density at radius 2 is 1.00 bits per heavy atom. The standard InChI is InChI=1S/Cd.Co.Cr.Cu.Ni.Pb.Zn.2H. The summed E-state index contributed by atoms with van der Waals surface area (Å²) < 4.78 is 0. The molecule has 0 aliphatic heterocycles. The maximum Gasteiger partial charge on any atom is 0 e. The first-order chi connectivity index (χ1) is 0. The minimum Gasteiger partial charge on any atom is 0 e. The monoisotopic (exact) mass is 620 g/mol. The zero-order valence-electron chi connectivity index (χ0n) is 3.48. The predicted molar refractivity (Wildman–Crippen MR) is 8.54 cm³/mol. The van der Waals surface area contributed by atoms with E-state index in [1.54, 1.807) is 0 Å². The van der Waals surface area contributed by atoms with Crippen LogP contribution in [-0.4, -0.2) is 27.3 Å². The van der Waals surface area contributed by atoms with Gasteiger partial charge in [-0.15, -0.1) is 0 Å². The normalized spacial score (nSPS) is 0. The molecule has 0 fully saturated rings. The summed E-state index contributed by atoms with van der Waals surface area (Å²) in [5, 5.41) is 0. The molecule has 0 amide bonds. The number of hydrogen-bond donors (Lipinski definition) is 0. The van der Waals surface area contributed by atoms with Crippen LogP contribution in [0.2, 0.25) is 0 Å². The minimum absolute atomic E-state index is 0. The van der Waals surface area contributed by atoms with Crippen LogP contribution in [0.5, 0.6) is 0 Å². The molecule has 4 radical (unpaired) electrons. The van der Waals surface area contributed by atoms with Gasteiger partial charge in [0.2, 0.25) is 0 Å². The van der Waals surface area contributed by atoms with Crippen LogP contribution in [0.1, 0.15) is 0 Å². The van der Waals surface area contributed by atoms with Crippen molar-refractivity contribution in [3.05, 3.63) is 0 Å². The molecular formula is H2CdCoCrCuNiPbZn. The molecule has 0 aromatic carbocycles. The van der Waals surface area contributed by atoms with Crippen LogP contribution in [0.15, 0.2) is 0 Å². The Kier molecular flexibility index (Phi) is 416. The van der Waals surface area contributed by atoms with E-state index in [1.807, 2.05) is 0 Å². The molecule has 0 N–H and O–H groups in total. The first kappa shape index (κ1) is 62.4. The Morgan fingerprint density at radius 3 is 1.00 bits per heavy atom. The molecule has 46 valence electrons. The Balaban J connectivity index is 0. The van der Waals surface area contributed by atoms with Crippen molar-refractivity contribution in [2.24, 2.45) is 0 Å². The van der Waals surface area contributed by atoms with Gasteiger partial charge in [-0.05, 0) is 0 Å². The number of hydrogen-bond acceptors (Lipinski definition) is 0. The van der Waals surface area contributed by atoms with Gasteiger partial charge < -0.3 is 0 Å². The fourth-order valence-corrected chi connectivity index (χ4v) is 0. The molecule has 0 nitrogen and oxygen atoms in total. The van der Waals surface area contributed by atoms with E-state index in [9.17, 15) is 0 Å². The zero-order valence-corrected chi connectivity index (χ0v) is 20.2. The Hall–Kier alpha value is 4.52. The average molecular weight is 620 g/mol. The molecule has 0 rings (SSSR count). The van der Waals surface area contributed by atoms with Crippen molar-refractivity contribution in [2.45, 2.75) is 0 Å². The molecule has 0 aromatic heterocycles. The Labute approximate surface area is 139 Å². The summed E-state index contributed by atoms with van der Waals surface area (Å²) in [5.74, 6) is 0. The molecule has 0 aliphatic rings. The largest absolute Gasteiger partial charge is 0 e. The fourth-order valence-electron chi connectivity index (χ4n) is 0. The smallest absolute Gasteiger partial charge is 0 e. The van der Waals surface area contributed by atoms with Crippen LogP contribution in [0, 0.1) is 0 Å². The molecule has 0 saturated carbocycles. The van der Waals surface area contributed by atoms with E-state index >= 15 is 0 Å². The Morgan fingerprint density at radius 1 is 1.00 bits per heavy atom. The summed E-state index contributed by atoms with van der Waals surface area (Å²) in [4.78, 5) is 0. The van der Waals surface area contributed by atoms with Gasteiger partial charge in [0, 0.05) is 114 Å². The molecule has 0 aromatic rings. The molecule has 0 unspecified atom stereocenters. The van der Waals surface area contributed by atoms with Gasteiger partial charge in [-0.2, -0.15) is 0 Å². The van der Waals surface area contributed by atoms with Crippen LogP contribution in [0.4, 0.5) is 0 Å². The van der Waals surface area contributed by atoms with Gasteiger partial charge in [-0.3, -0.25) is 0 Å². The Bertz CT molecular complexity index is 19.7.